The van der Waals surface area contributed by atoms with Gasteiger partial charge in [0.15, 0.2) is 0 Å². The highest BCUT2D eigenvalue weighted by molar-refractivity contribution is 5.79. The minimum Gasteiger partial charge on any atom is -0.489 e. The molecule has 0 N–H and O–H groups in total. The van der Waals surface area contributed by atoms with Gasteiger partial charge in [-0.1, -0.05) is 18.7 Å². The summed E-state index contributed by atoms with van der Waals surface area (Å²) in [6.07, 6.45) is 2.59. The molecule has 0 spiro atoms. The van der Waals surface area contributed by atoms with Gasteiger partial charge in [-0.3, -0.25) is 0 Å². The van der Waals surface area contributed by atoms with E-state index in [1.165, 1.54) is 7.11 Å². The fraction of sp³-hybridized carbons (Fsp3) is 0.308. The quantitative estimate of drug-likeness (QED) is 0.418. The van der Waals surface area contributed by atoms with Crippen molar-refractivity contribution in [1.82, 2.24) is 0 Å². The minimum atomic E-state index is 0.571. The first kappa shape index (κ1) is 12.3. The molecule has 0 heterocycles. The number of hydrogen-bond acceptors (Lipinski definition) is 3. The van der Waals surface area contributed by atoms with Crippen LogP contribution < -0.4 is 4.74 Å². The van der Waals surface area contributed by atoms with E-state index >= 15 is 0 Å². The van der Waals surface area contributed by atoms with Crippen LogP contribution in [0, 0.1) is 0 Å². The summed E-state index contributed by atoms with van der Waals surface area (Å²) in [5, 5.41) is 3.68. The first-order valence-electron chi connectivity index (χ1n) is 5.22. The van der Waals surface area contributed by atoms with Gasteiger partial charge in [0.1, 0.15) is 19.5 Å². The predicted octanol–water partition coefficient (Wildman–Crippen LogP) is 3.01. The lowest BCUT2D eigenvalue weighted by Crippen LogP contribution is -1.99. The van der Waals surface area contributed by atoms with Crippen molar-refractivity contribution in [2.45, 2.75) is 13.3 Å². The Labute approximate surface area is 96.4 Å². The van der Waals surface area contributed by atoms with Gasteiger partial charge >= 0.3 is 0 Å². The molecule has 0 saturated carbocycles. The lowest BCUT2D eigenvalue weighted by Gasteiger charge is -2.06. The molecule has 86 valence electrons. The van der Waals surface area contributed by atoms with Gasteiger partial charge < -0.3 is 9.57 Å². The fourth-order valence-electron chi connectivity index (χ4n) is 1.05. The van der Waals surface area contributed by atoms with Crippen LogP contribution >= 0.6 is 0 Å². The summed E-state index contributed by atoms with van der Waals surface area (Å²) < 4.78 is 5.54. The maximum atomic E-state index is 5.54. The van der Waals surface area contributed by atoms with Crippen molar-refractivity contribution in [3.63, 3.8) is 0 Å². The molecule has 0 fully saturated rings. The van der Waals surface area contributed by atoms with Crippen LogP contribution in [0.25, 0.3) is 0 Å². The molecule has 0 aromatic heterocycles. The number of ether oxygens (including phenoxy) is 1. The summed E-state index contributed by atoms with van der Waals surface area (Å²) in [4.78, 5) is 4.60. The minimum absolute atomic E-state index is 0.571. The monoisotopic (exact) mass is 219 g/mol. The van der Waals surface area contributed by atoms with Gasteiger partial charge in [-0.15, -0.1) is 0 Å². The van der Waals surface area contributed by atoms with Crippen molar-refractivity contribution in [2.24, 2.45) is 5.16 Å². The molecule has 0 atom stereocenters. The zero-order chi connectivity index (χ0) is 11.8. The zero-order valence-electron chi connectivity index (χ0n) is 9.77. The van der Waals surface area contributed by atoms with E-state index in [1.54, 1.807) is 6.21 Å². The van der Waals surface area contributed by atoms with Crippen molar-refractivity contribution in [3.8, 4) is 5.75 Å². The summed E-state index contributed by atoms with van der Waals surface area (Å²) >= 11 is 0. The Bertz CT molecular complexity index is 355. The number of hydrogen-bond donors (Lipinski definition) is 0. The number of benzene rings is 1. The van der Waals surface area contributed by atoms with Gasteiger partial charge in [0.05, 0.1) is 6.21 Å². The SMILES string of the molecule is C=C(CC)COc1ccc(C=NOC)cc1. The smallest absolute Gasteiger partial charge is 0.119 e. The lowest BCUT2D eigenvalue weighted by atomic mass is 10.2. The first-order valence-corrected chi connectivity index (χ1v) is 5.22. The van der Waals surface area contributed by atoms with Gasteiger partial charge in [-0.05, 0) is 41.8 Å². The van der Waals surface area contributed by atoms with Crippen LogP contribution in [-0.4, -0.2) is 19.9 Å². The zero-order valence-corrected chi connectivity index (χ0v) is 9.77. The van der Waals surface area contributed by atoms with Gasteiger partial charge in [0, 0.05) is 0 Å². The topological polar surface area (TPSA) is 30.8 Å². The number of nitrogens with zero attached hydrogens (tertiary/aromatic N) is 1. The van der Waals surface area contributed by atoms with E-state index in [1.807, 2.05) is 24.3 Å². The van der Waals surface area contributed by atoms with Gasteiger partial charge in [0.2, 0.25) is 0 Å². The van der Waals surface area contributed by atoms with Crippen molar-refractivity contribution < 1.29 is 9.57 Å². The predicted molar refractivity (Wildman–Crippen MR) is 66.0 cm³/mol. The second-order valence-corrected chi connectivity index (χ2v) is 3.38. The molecule has 0 aliphatic carbocycles. The van der Waals surface area contributed by atoms with Crippen molar-refractivity contribution in [3.05, 3.63) is 42.0 Å². The Hall–Kier alpha value is -1.77. The molecule has 3 heteroatoms. The van der Waals surface area contributed by atoms with Crippen LogP contribution in [0.15, 0.2) is 41.6 Å². The third kappa shape index (κ3) is 4.17. The van der Waals surface area contributed by atoms with E-state index in [2.05, 4.69) is 23.5 Å². The first-order chi connectivity index (χ1) is 7.76. The Kier molecular flexibility index (Phi) is 5.12. The fourth-order valence-corrected chi connectivity index (χ4v) is 1.05. The number of oxime groups is 1. The summed E-state index contributed by atoms with van der Waals surface area (Å²) in [5.74, 6) is 0.837. The van der Waals surface area contributed by atoms with E-state index in [0.29, 0.717) is 6.61 Å². The van der Waals surface area contributed by atoms with Crippen molar-refractivity contribution in [2.75, 3.05) is 13.7 Å². The van der Waals surface area contributed by atoms with Gasteiger partial charge in [-0.2, -0.15) is 0 Å². The van der Waals surface area contributed by atoms with Crippen LogP contribution in [0.3, 0.4) is 0 Å². The third-order valence-electron chi connectivity index (χ3n) is 2.13. The molecular formula is C13H17NO2. The molecule has 1 aromatic rings. The highest BCUT2D eigenvalue weighted by Gasteiger charge is 1.95. The molecule has 16 heavy (non-hydrogen) atoms. The average molecular weight is 219 g/mol. The number of rotatable bonds is 6. The highest BCUT2D eigenvalue weighted by Crippen LogP contribution is 2.12. The summed E-state index contributed by atoms with van der Waals surface area (Å²) in [6, 6.07) is 7.65. The largest absolute Gasteiger partial charge is 0.489 e. The Morgan fingerprint density at radius 3 is 2.62 bits per heavy atom. The Morgan fingerprint density at radius 1 is 1.38 bits per heavy atom. The average Bonchev–Trinajstić information content (AvgIpc) is 2.34. The van der Waals surface area contributed by atoms with Crippen molar-refractivity contribution >= 4 is 6.21 Å². The van der Waals surface area contributed by atoms with Crippen molar-refractivity contribution in [1.29, 1.82) is 0 Å². The van der Waals surface area contributed by atoms with Gasteiger partial charge in [-0.25, -0.2) is 0 Å². The molecule has 0 unspecified atom stereocenters. The summed E-state index contributed by atoms with van der Waals surface area (Å²) in [6.45, 7) is 6.52. The van der Waals surface area contributed by atoms with E-state index in [-0.39, 0.29) is 0 Å². The maximum absolute atomic E-state index is 5.54. The molecule has 0 aliphatic rings. The molecule has 0 amide bonds. The summed E-state index contributed by atoms with van der Waals surface area (Å²) in [5.41, 5.74) is 2.06. The van der Waals surface area contributed by atoms with Crippen LogP contribution in [-0.2, 0) is 4.84 Å². The second-order valence-electron chi connectivity index (χ2n) is 3.38. The molecule has 1 aromatic carbocycles. The molecule has 0 radical (unpaired) electrons. The molecule has 0 bridgehead atoms. The third-order valence-corrected chi connectivity index (χ3v) is 2.13. The second kappa shape index (κ2) is 6.67. The standard InChI is InChI=1S/C13H17NO2/c1-4-11(2)10-16-13-7-5-12(6-8-13)9-14-15-3/h5-9H,2,4,10H2,1,3H3. The highest BCUT2D eigenvalue weighted by atomic mass is 16.6. The molecular weight excluding hydrogens is 202 g/mol. The lowest BCUT2D eigenvalue weighted by molar-refractivity contribution is 0.215. The molecule has 1 rings (SSSR count). The van der Waals surface area contributed by atoms with E-state index < -0.39 is 0 Å². The van der Waals surface area contributed by atoms with E-state index in [0.717, 1.165) is 23.3 Å². The molecule has 3 nitrogen and oxygen atoms in total. The van der Waals surface area contributed by atoms with Crippen LogP contribution in [0.5, 0.6) is 5.75 Å². The Balaban J connectivity index is 2.51. The van der Waals surface area contributed by atoms with Crippen LogP contribution in [0.1, 0.15) is 18.9 Å². The molecule has 0 aliphatic heterocycles. The summed E-state index contributed by atoms with van der Waals surface area (Å²) in [7, 11) is 1.52. The Morgan fingerprint density at radius 2 is 2.06 bits per heavy atom. The van der Waals surface area contributed by atoms with Crippen LogP contribution in [0.2, 0.25) is 0 Å². The van der Waals surface area contributed by atoms with E-state index in [9.17, 15) is 0 Å². The van der Waals surface area contributed by atoms with E-state index in [4.69, 9.17) is 4.74 Å². The van der Waals surface area contributed by atoms with Crippen LogP contribution in [0.4, 0.5) is 0 Å². The maximum Gasteiger partial charge on any atom is 0.119 e. The normalized spacial score (nSPS) is 10.4. The molecule has 0 saturated heterocycles. The van der Waals surface area contributed by atoms with Gasteiger partial charge in [0.25, 0.3) is 0 Å².